The van der Waals surface area contributed by atoms with Crippen LogP contribution in [0.2, 0.25) is 0 Å². The van der Waals surface area contributed by atoms with Gasteiger partial charge in [0.05, 0.1) is 61.2 Å². The number of anilines is 3. The normalized spacial score (nSPS) is 14.5. The Morgan fingerprint density at radius 2 is 0.927 bits per heavy atom. The van der Waals surface area contributed by atoms with Gasteiger partial charge in [-0.2, -0.15) is 0 Å². The minimum atomic E-state index is -0.208. The van der Waals surface area contributed by atoms with E-state index in [1.165, 1.54) is 121 Å². The van der Waals surface area contributed by atoms with Gasteiger partial charge in [0.15, 0.2) is 0 Å². The Bertz CT molecular complexity index is 3700. The van der Waals surface area contributed by atoms with E-state index in [-0.39, 0.29) is 5.41 Å². The average molecular weight is 701 g/mol. The van der Waals surface area contributed by atoms with Crippen molar-refractivity contribution in [2.45, 2.75) is 19.3 Å². The highest BCUT2D eigenvalue weighted by Gasteiger charge is 2.38. The summed E-state index contributed by atoms with van der Waals surface area (Å²) in [6.45, 7) is 4.83. The molecule has 12 aromatic rings. The average Bonchev–Trinajstić information content (AvgIpc) is 3.92. The standard InChI is InChI=1S/C51H32N4/c1-51(2)38-26-29(52-42-17-7-8-18-43(42)53-40-15-5-3-12-31(40)33-14-11-21-46(52)48(33)53)22-23-30(38)36-27-37-35-25-24-34-32-13-4-6-16-41(32)54-44-19-9-10-20-45(44)55(50(35)49(34)54)47(37)28-39(36)51/h3-28H,1-2H3. The summed E-state index contributed by atoms with van der Waals surface area (Å²) in [6, 6.07) is 59.2. The van der Waals surface area contributed by atoms with Gasteiger partial charge in [-0.3, -0.25) is 0 Å². The Balaban J connectivity index is 1.03. The molecule has 0 N–H and O–H groups in total. The van der Waals surface area contributed by atoms with Crippen LogP contribution in [0.5, 0.6) is 0 Å². The zero-order chi connectivity index (χ0) is 35.9. The second-order valence-corrected chi connectivity index (χ2v) is 16.2. The number of hydrogen-bond donors (Lipinski definition) is 0. The van der Waals surface area contributed by atoms with Crippen LogP contribution in [0.25, 0.3) is 93.3 Å². The maximum absolute atomic E-state index is 2.55. The molecule has 0 bridgehead atoms. The number of hydrogen-bond acceptors (Lipinski definition) is 1. The van der Waals surface area contributed by atoms with Gasteiger partial charge in [-0.15, -0.1) is 0 Å². The van der Waals surface area contributed by atoms with Crippen LogP contribution in [-0.2, 0) is 5.41 Å². The third kappa shape index (κ3) is 3.17. The topological polar surface area (TPSA) is 17.0 Å². The van der Waals surface area contributed by atoms with Crippen molar-refractivity contribution in [2.75, 3.05) is 4.90 Å². The van der Waals surface area contributed by atoms with E-state index >= 15 is 0 Å². The van der Waals surface area contributed by atoms with Crippen molar-refractivity contribution in [3.63, 3.8) is 0 Å². The summed E-state index contributed by atoms with van der Waals surface area (Å²) in [4.78, 5) is 2.49. The van der Waals surface area contributed by atoms with Crippen molar-refractivity contribution in [3.05, 3.63) is 169 Å². The quantitative estimate of drug-likeness (QED) is 0.156. The van der Waals surface area contributed by atoms with Gasteiger partial charge in [-0.25, -0.2) is 0 Å². The number of nitrogens with zero attached hydrogens (tertiary/aromatic N) is 4. The Labute approximate surface area is 315 Å². The highest BCUT2D eigenvalue weighted by Crippen LogP contribution is 2.55. The Kier molecular flexibility index (Phi) is 4.84. The van der Waals surface area contributed by atoms with E-state index in [4.69, 9.17) is 0 Å². The minimum absolute atomic E-state index is 0.208. The maximum Gasteiger partial charge on any atom is 0.0789 e. The lowest BCUT2D eigenvalue weighted by atomic mass is 9.82. The van der Waals surface area contributed by atoms with Crippen LogP contribution in [0, 0.1) is 0 Å². The maximum atomic E-state index is 2.55. The van der Waals surface area contributed by atoms with Crippen molar-refractivity contribution in [1.29, 1.82) is 0 Å². The molecule has 5 heterocycles. The summed E-state index contributed by atoms with van der Waals surface area (Å²) in [5.74, 6) is 0. The molecule has 0 unspecified atom stereocenters. The van der Waals surface area contributed by atoms with E-state index in [9.17, 15) is 0 Å². The molecular formula is C51H32N4. The summed E-state index contributed by atoms with van der Waals surface area (Å²) in [5.41, 5.74) is 20.1. The van der Waals surface area contributed by atoms with Crippen LogP contribution in [0.15, 0.2) is 158 Å². The molecule has 55 heavy (non-hydrogen) atoms. The summed E-state index contributed by atoms with van der Waals surface area (Å²) in [6.07, 6.45) is 0. The van der Waals surface area contributed by atoms with Crippen LogP contribution in [0.1, 0.15) is 25.0 Å². The number of fused-ring (bicyclic) bond motifs is 17. The second kappa shape index (κ2) is 9.36. The Morgan fingerprint density at radius 1 is 0.364 bits per heavy atom. The van der Waals surface area contributed by atoms with Crippen molar-refractivity contribution in [3.8, 4) is 16.8 Å². The van der Waals surface area contributed by atoms with E-state index in [0.717, 1.165) is 0 Å². The Hall–Kier alpha value is -7.04. The highest BCUT2D eigenvalue weighted by molar-refractivity contribution is 6.26. The summed E-state index contributed by atoms with van der Waals surface area (Å²) in [5, 5.41) is 7.79. The van der Waals surface area contributed by atoms with Crippen molar-refractivity contribution < 1.29 is 0 Å². The number of para-hydroxylation sites is 7. The molecule has 4 heteroatoms. The van der Waals surface area contributed by atoms with Crippen LogP contribution < -0.4 is 4.90 Å². The van der Waals surface area contributed by atoms with Crippen LogP contribution >= 0.6 is 0 Å². The Morgan fingerprint density at radius 3 is 1.71 bits per heavy atom. The molecule has 0 fully saturated rings. The smallest absolute Gasteiger partial charge is 0.0789 e. The van der Waals surface area contributed by atoms with Crippen molar-refractivity contribution in [1.82, 2.24) is 13.4 Å². The SMILES string of the molecule is CC1(C)c2cc(N3c4ccccc4-n4c5ccccc5c5cccc3c54)ccc2-c2cc3c4ccc5c6ccccc6n6c7ccccc7n(c3cc21)c4c56. The van der Waals surface area contributed by atoms with Crippen LogP contribution in [0.3, 0.4) is 0 Å². The molecule has 4 aromatic heterocycles. The lowest BCUT2D eigenvalue weighted by molar-refractivity contribution is 0.661. The van der Waals surface area contributed by atoms with E-state index in [1.54, 1.807) is 0 Å². The molecule has 4 nitrogen and oxygen atoms in total. The number of aromatic nitrogens is 3. The molecule has 1 aliphatic heterocycles. The zero-order valence-electron chi connectivity index (χ0n) is 30.3. The lowest BCUT2D eigenvalue weighted by Gasteiger charge is -2.34. The fraction of sp³-hybridized carbons (Fsp3) is 0.0588. The molecule has 0 atom stereocenters. The molecule has 0 radical (unpaired) electrons. The summed E-state index contributed by atoms with van der Waals surface area (Å²) in [7, 11) is 0. The van der Waals surface area contributed by atoms with E-state index in [1.807, 2.05) is 0 Å². The van der Waals surface area contributed by atoms with Gasteiger partial charge >= 0.3 is 0 Å². The first-order valence-electron chi connectivity index (χ1n) is 19.3. The van der Waals surface area contributed by atoms with Gasteiger partial charge in [0, 0.05) is 43.4 Å². The summed E-state index contributed by atoms with van der Waals surface area (Å²) < 4.78 is 7.51. The largest absolute Gasteiger partial charge is 0.306 e. The molecule has 0 spiro atoms. The van der Waals surface area contributed by atoms with E-state index in [0.29, 0.717) is 0 Å². The van der Waals surface area contributed by atoms with Gasteiger partial charge in [0.1, 0.15) is 0 Å². The first-order chi connectivity index (χ1) is 27.1. The molecule has 2 aliphatic rings. The molecule has 0 saturated carbocycles. The van der Waals surface area contributed by atoms with Gasteiger partial charge in [-0.1, -0.05) is 105 Å². The number of benzene rings is 8. The third-order valence-electron chi connectivity index (χ3n) is 13.2. The van der Waals surface area contributed by atoms with E-state index in [2.05, 4.69) is 190 Å². The molecule has 8 aromatic carbocycles. The van der Waals surface area contributed by atoms with Crippen molar-refractivity contribution in [2.24, 2.45) is 0 Å². The first-order valence-corrected chi connectivity index (χ1v) is 19.3. The van der Waals surface area contributed by atoms with E-state index < -0.39 is 0 Å². The van der Waals surface area contributed by atoms with Crippen LogP contribution in [-0.4, -0.2) is 13.4 Å². The molecular weight excluding hydrogens is 669 g/mol. The zero-order valence-corrected chi connectivity index (χ0v) is 30.3. The van der Waals surface area contributed by atoms with Gasteiger partial charge < -0.3 is 18.3 Å². The fourth-order valence-electron chi connectivity index (χ4n) is 10.9. The number of rotatable bonds is 1. The third-order valence-corrected chi connectivity index (χ3v) is 13.2. The predicted molar refractivity (Wildman–Crippen MR) is 230 cm³/mol. The predicted octanol–water partition coefficient (Wildman–Crippen LogP) is 13.4. The second-order valence-electron chi connectivity index (χ2n) is 16.2. The molecule has 14 rings (SSSR count). The molecule has 0 saturated heterocycles. The molecule has 256 valence electrons. The van der Waals surface area contributed by atoms with Crippen molar-refractivity contribution >= 4 is 93.5 Å². The van der Waals surface area contributed by atoms with Crippen LogP contribution in [0.4, 0.5) is 17.1 Å². The van der Waals surface area contributed by atoms with Gasteiger partial charge in [-0.05, 0) is 89.0 Å². The van der Waals surface area contributed by atoms with Gasteiger partial charge in [0.2, 0.25) is 0 Å². The molecule has 1 aliphatic carbocycles. The molecule has 0 amide bonds. The fourth-order valence-corrected chi connectivity index (χ4v) is 10.9. The first kappa shape index (κ1) is 28.5. The minimum Gasteiger partial charge on any atom is -0.306 e. The van der Waals surface area contributed by atoms with Gasteiger partial charge in [0.25, 0.3) is 0 Å². The lowest BCUT2D eigenvalue weighted by Crippen LogP contribution is -2.19. The summed E-state index contributed by atoms with van der Waals surface area (Å²) >= 11 is 0. The highest BCUT2D eigenvalue weighted by atomic mass is 15.2. The monoisotopic (exact) mass is 700 g/mol.